The molecule has 0 aliphatic heterocycles. The molecule has 0 saturated heterocycles. The molecule has 0 spiro atoms. The van der Waals surface area contributed by atoms with Crippen LogP contribution in [0.1, 0.15) is 33.1 Å². The zero-order valence-corrected chi connectivity index (χ0v) is 7.63. The average molecular weight is 155 g/mol. The molecule has 2 unspecified atom stereocenters. The van der Waals surface area contributed by atoms with Crippen molar-refractivity contribution in [2.24, 2.45) is 5.92 Å². The molecule has 1 rings (SSSR count). The second-order valence-electron chi connectivity index (χ2n) is 3.53. The fraction of sp³-hybridized carbons (Fsp3) is 0.889. The summed E-state index contributed by atoms with van der Waals surface area (Å²) in [7, 11) is 1.92. The maximum atomic E-state index is 11.3. The molecule has 11 heavy (non-hydrogen) atoms. The van der Waals surface area contributed by atoms with Crippen LogP contribution in [-0.4, -0.2) is 23.9 Å². The molecule has 0 radical (unpaired) electrons. The molecule has 64 valence electrons. The minimum atomic E-state index is 0.307. The highest BCUT2D eigenvalue weighted by Gasteiger charge is 2.37. The SMILES string of the molecule is CCCC(=O)N(C)C1CC1C. The van der Waals surface area contributed by atoms with Crippen LogP contribution < -0.4 is 0 Å². The van der Waals surface area contributed by atoms with Crippen LogP contribution in [0, 0.1) is 5.92 Å². The topological polar surface area (TPSA) is 20.3 Å². The van der Waals surface area contributed by atoms with Crippen molar-refractivity contribution in [1.29, 1.82) is 0 Å². The highest BCUT2D eigenvalue weighted by molar-refractivity contribution is 5.76. The van der Waals surface area contributed by atoms with Gasteiger partial charge in [0.1, 0.15) is 0 Å². The predicted molar refractivity (Wildman–Crippen MR) is 45.2 cm³/mol. The third-order valence-corrected chi connectivity index (χ3v) is 2.42. The summed E-state index contributed by atoms with van der Waals surface area (Å²) in [5.41, 5.74) is 0. The number of nitrogens with zero attached hydrogens (tertiary/aromatic N) is 1. The van der Waals surface area contributed by atoms with Crippen molar-refractivity contribution in [2.45, 2.75) is 39.2 Å². The van der Waals surface area contributed by atoms with E-state index < -0.39 is 0 Å². The van der Waals surface area contributed by atoms with Gasteiger partial charge in [-0.2, -0.15) is 0 Å². The lowest BCUT2D eigenvalue weighted by Crippen LogP contribution is -2.29. The van der Waals surface area contributed by atoms with Crippen molar-refractivity contribution in [3.8, 4) is 0 Å². The Morgan fingerprint density at radius 2 is 2.18 bits per heavy atom. The molecule has 2 atom stereocenters. The molecule has 1 amide bonds. The van der Waals surface area contributed by atoms with Crippen molar-refractivity contribution < 1.29 is 4.79 Å². The monoisotopic (exact) mass is 155 g/mol. The Morgan fingerprint density at radius 3 is 2.55 bits per heavy atom. The molecule has 0 bridgehead atoms. The van der Waals surface area contributed by atoms with E-state index in [2.05, 4.69) is 6.92 Å². The first-order valence-corrected chi connectivity index (χ1v) is 4.42. The fourth-order valence-corrected chi connectivity index (χ4v) is 1.42. The Morgan fingerprint density at radius 1 is 1.64 bits per heavy atom. The lowest BCUT2D eigenvalue weighted by Gasteiger charge is -2.16. The van der Waals surface area contributed by atoms with E-state index in [0.717, 1.165) is 12.3 Å². The zero-order chi connectivity index (χ0) is 8.43. The van der Waals surface area contributed by atoms with Gasteiger partial charge in [0.05, 0.1) is 0 Å². The molecule has 0 heterocycles. The number of hydrogen-bond donors (Lipinski definition) is 0. The molecule has 1 saturated carbocycles. The maximum absolute atomic E-state index is 11.3. The number of amides is 1. The van der Waals surface area contributed by atoms with Gasteiger partial charge in [-0.15, -0.1) is 0 Å². The molecule has 1 aliphatic carbocycles. The maximum Gasteiger partial charge on any atom is 0.222 e. The molecular weight excluding hydrogens is 138 g/mol. The van der Waals surface area contributed by atoms with Crippen molar-refractivity contribution in [1.82, 2.24) is 4.90 Å². The van der Waals surface area contributed by atoms with Gasteiger partial charge in [0.15, 0.2) is 0 Å². The Labute approximate surface area is 68.6 Å². The van der Waals surface area contributed by atoms with Crippen LogP contribution in [0.4, 0.5) is 0 Å². The summed E-state index contributed by atoms with van der Waals surface area (Å²) < 4.78 is 0. The van der Waals surface area contributed by atoms with Gasteiger partial charge in [-0.05, 0) is 18.8 Å². The minimum absolute atomic E-state index is 0.307. The van der Waals surface area contributed by atoms with Crippen molar-refractivity contribution in [3.05, 3.63) is 0 Å². The smallest absolute Gasteiger partial charge is 0.222 e. The van der Waals surface area contributed by atoms with Crippen LogP contribution in [0.3, 0.4) is 0 Å². The van der Waals surface area contributed by atoms with Crippen LogP contribution in [0.15, 0.2) is 0 Å². The zero-order valence-electron chi connectivity index (χ0n) is 7.63. The van der Waals surface area contributed by atoms with Crippen LogP contribution in [-0.2, 0) is 4.79 Å². The second-order valence-corrected chi connectivity index (χ2v) is 3.53. The van der Waals surface area contributed by atoms with Gasteiger partial charge in [0.2, 0.25) is 5.91 Å². The van der Waals surface area contributed by atoms with E-state index in [9.17, 15) is 4.79 Å². The van der Waals surface area contributed by atoms with Crippen molar-refractivity contribution in [2.75, 3.05) is 7.05 Å². The third kappa shape index (κ3) is 1.95. The van der Waals surface area contributed by atoms with Crippen LogP contribution in [0.2, 0.25) is 0 Å². The minimum Gasteiger partial charge on any atom is -0.342 e. The molecule has 0 aromatic heterocycles. The van der Waals surface area contributed by atoms with E-state index in [1.165, 1.54) is 6.42 Å². The number of carbonyl (C=O) groups excluding carboxylic acids is 1. The standard InChI is InChI=1S/C9H17NO/c1-4-5-9(11)10(3)8-6-7(8)2/h7-8H,4-6H2,1-3H3. The average Bonchev–Trinajstić information content (AvgIpc) is 2.66. The van der Waals surface area contributed by atoms with Gasteiger partial charge >= 0.3 is 0 Å². The largest absolute Gasteiger partial charge is 0.342 e. The summed E-state index contributed by atoms with van der Waals surface area (Å²) in [6.07, 6.45) is 2.87. The molecule has 0 aromatic rings. The summed E-state index contributed by atoms with van der Waals surface area (Å²) in [6, 6.07) is 0.550. The summed E-state index contributed by atoms with van der Waals surface area (Å²) >= 11 is 0. The lowest BCUT2D eigenvalue weighted by molar-refractivity contribution is -0.130. The summed E-state index contributed by atoms with van der Waals surface area (Å²) in [6.45, 7) is 4.24. The van der Waals surface area contributed by atoms with E-state index in [-0.39, 0.29) is 0 Å². The highest BCUT2D eigenvalue weighted by atomic mass is 16.2. The van der Waals surface area contributed by atoms with Gasteiger partial charge in [0, 0.05) is 19.5 Å². The molecule has 1 fully saturated rings. The predicted octanol–water partition coefficient (Wildman–Crippen LogP) is 1.65. The van der Waals surface area contributed by atoms with Gasteiger partial charge in [-0.1, -0.05) is 13.8 Å². The number of rotatable bonds is 3. The fourth-order valence-electron chi connectivity index (χ4n) is 1.42. The van der Waals surface area contributed by atoms with Gasteiger partial charge in [-0.25, -0.2) is 0 Å². The van der Waals surface area contributed by atoms with E-state index >= 15 is 0 Å². The quantitative estimate of drug-likeness (QED) is 0.607. The second kappa shape index (κ2) is 3.24. The Balaban J connectivity index is 2.29. The van der Waals surface area contributed by atoms with E-state index in [0.29, 0.717) is 18.4 Å². The van der Waals surface area contributed by atoms with Gasteiger partial charge in [-0.3, -0.25) is 4.79 Å². The third-order valence-electron chi connectivity index (χ3n) is 2.42. The molecule has 0 aromatic carbocycles. The first-order chi connectivity index (χ1) is 5.16. The molecule has 1 aliphatic rings. The lowest BCUT2D eigenvalue weighted by atomic mass is 10.3. The Bertz CT molecular complexity index is 156. The summed E-state index contributed by atoms with van der Waals surface area (Å²) in [5, 5.41) is 0. The van der Waals surface area contributed by atoms with E-state index in [1.54, 1.807) is 0 Å². The van der Waals surface area contributed by atoms with Crippen LogP contribution in [0.25, 0.3) is 0 Å². The van der Waals surface area contributed by atoms with Crippen molar-refractivity contribution >= 4 is 5.91 Å². The number of hydrogen-bond acceptors (Lipinski definition) is 1. The van der Waals surface area contributed by atoms with Crippen molar-refractivity contribution in [3.63, 3.8) is 0 Å². The van der Waals surface area contributed by atoms with Gasteiger partial charge in [0.25, 0.3) is 0 Å². The first-order valence-electron chi connectivity index (χ1n) is 4.42. The normalized spacial score (nSPS) is 28.3. The van der Waals surface area contributed by atoms with Crippen LogP contribution in [0.5, 0.6) is 0 Å². The molecule has 2 nitrogen and oxygen atoms in total. The van der Waals surface area contributed by atoms with E-state index in [4.69, 9.17) is 0 Å². The van der Waals surface area contributed by atoms with Crippen LogP contribution >= 0.6 is 0 Å². The van der Waals surface area contributed by atoms with E-state index in [1.807, 2.05) is 18.9 Å². The highest BCUT2D eigenvalue weighted by Crippen LogP contribution is 2.34. The first kappa shape index (κ1) is 8.57. The van der Waals surface area contributed by atoms with Gasteiger partial charge < -0.3 is 4.90 Å². The Kier molecular flexibility index (Phi) is 2.53. The molecule has 0 N–H and O–H groups in total. The molecule has 2 heteroatoms. The Hall–Kier alpha value is -0.530. The number of carbonyl (C=O) groups is 1. The summed E-state index contributed by atoms with van der Waals surface area (Å²) in [4.78, 5) is 13.2. The summed E-state index contributed by atoms with van der Waals surface area (Å²) in [5.74, 6) is 1.04. The molecular formula is C9H17NO.